The zero-order valence-corrected chi connectivity index (χ0v) is 11.8. The van der Waals surface area contributed by atoms with E-state index in [1.165, 1.54) is 12.1 Å². The van der Waals surface area contributed by atoms with Crippen LogP contribution in [0.4, 0.5) is 4.39 Å². The second-order valence-electron chi connectivity index (χ2n) is 5.65. The van der Waals surface area contributed by atoms with Crippen LogP contribution in [0.5, 0.6) is 0 Å². The second kappa shape index (κ2) is 5.81. The molecule has 6 heteroatoms. The Hall–Kier alpha value is -1.95. The number of hydrogen-bond donors (Lipinski definition) is 2. The van der Waals surface area contributed by atoms with Crippen LogP contribution >= 0.6 is 0 Å². The largest absolute Gasteiger partial charge is 0.347 e. The van der Waals surface area contributed by atoms with Crippen molar-refractivity contribution in [1.29, 1.82) is 0 Å². The van der Waals surface area contributed by atoms with Crippen molar-refractivity contribution in [2.75, 3.05) is 6.54 Å². The van der Waals surface area contributed by atoms with Gasteiger partial charge in [-0.2, -0.15) is 5.10 Å². The lowest BCUT2D eigenvalue weighted by Crippen LogP contribution is -2.24. The van der Waals surface area contributed by atoms with Gasteiger partial charge in [-0.05, 0) is 62.4 Å². The van der Waals surface area contributed by atoms with Gasteiger partial charge in [0.15, 0.2) is 0 Å². The van der Waals surface area contributed by atoms with Crippen LogP contribution in [0.15, 0.2) is 29.1 Å². The van der Waals surface area contributed by atoms with Crippen LogP contribution < -0.4 is 11.4 Å². The van der Waals surface area contributed by atoms with E-state index in [0.717, 1.165) is 38.1 Å². The minimum Gasteiger partial charge on any atom is -0.330 e. The first-order chi connectivity index (χ1) is 10.2. The van der Waals surface area contributed by atoms with Crippen LogP contribution in [0.3, 0.4) is 0 Å². The van der Waals surface area contributed by atoms with E-state index in [0.29, 0.717) is 11.6 Å². The fourth-order valence-electron chi connectivity index (χ4n) is 3.08. The molecule has 2 aromatic rings. The molecule has 112 valence electrons. The lowest BCUT2D eigenvalue weighted by Gasteiger charge is -2.27. The Balaban J connectivity index is 1.91. The molecule has 1 saturated carbocycles. The van der Waals surface area contributed by atoms with Crippen molar-refractivity contribution in [3.8, 4) is 5.69 Å². The highest BCUT2D eigenvalue weighted by atomic mass is 19.1. The average Bonchev–Trinajstić information content (AvgIpc) is 2.90. The molecule has 1 heterocycles. The highest BCUT2D eigenvalue weighted by Crippen LogP contribution is 2.34. The number of H-pyrrole nitrogens is 1. The van der Waals surface area contributed by atoms with Gasteiger partial charge < -0.3 is 5.73 Å². The minimum atomic E-state index is -0.319. The number of aromatic amines is 1. The van der Waals surface area contributed by atoms with Crippen molar-refractivity contribution in [3.05, 3.63) is 46.4 Å². The molecule has 0 unspecified atom stereocenters. The Morgan fingerprint density at radius 2 is 1.90 bits per heavy atom. The molecule has 1 aliphatic carbocycles. The van der Waals surface area contributed by atoms with Gasteiger partial charge in [0.05, 0.1) is 5.69 Å². The lowest BCUT2D eigenvalue weighted by molar-refractivity contribution is 0.323. The number of benzene rings is 1. The smallest absolute Gasteiger partial charge is 0.330 e. The van der Waals surface area contributed by atoms with E-state index in [-0.39, 0.29) is 17.4 Å². The normalized spacial score (nSPS) is 22.4. The highest BCUT2D eigenvalue weighted by molar-refractivity contribution is 5.33. The number of rotatable bonds is 3. The molecule has 0 spiro atoms. The van der Waals surface area contributed by atoms with Crippen molar-refractivity contribution in [1.82, 2.24) is 14.8 Å². The molecule has 1 fully saturated rings. The number of nitrogens with one attached hydrogen (secondary N) is 1. The van der Waals surface area contributed by atoms with Crippen molar-refractivity contribution in [2.45, 2.75) is 31.6 Å². The van der Waals surface area contributed by atoms with E-state index in [4.69, 9.17) is 5.73 Å². The van der Waals surface area contributed by atoms with Crippen LogP contribution in [-0.2, 0) is 0 Å². The van der Waals surface area contributed by atoms with Gasteiger partial charge in [-0.1, -0.05) is 0 Å². The third-order valence-corrected chi connectivity index (χ3v) is 4.33. The molecular weight excluding hydrogens is 271 g/mol. The molecule has 0 saturated heterocycles. The van der Waals surface area contributed by atoms with Crippen molar-refractivity contribution in [2.24, 2.45) is 11.7 Å². The predicted molar refractivity (Wildman–Crippen MR) is 77.9 cm³/mol. The van der Waals surface area contributed by atoms with E-state index >= 15 is 0 Å². The molecular formula is C15H19FN4O. The molecule has 0 atom stereocenters. The van der Waals surface area contributed by atoms with Gasteiger partial charge in [0.1, 0.15) is 11.6 Å². The molecule has 5 nitrogen and oxygen atoms in total. The Morgan fingerprint density at radius 3 is 2.52 bits per heavy atom. The number of halogens is 1. The third-order valence-electron chi connectivity index (χ3n) is 4.33. The maximum absolute atomic E-state index is 13.0. The summed E-state index contributed by atoms with van der Waals surface area (Å²) in [5.41, 5.74) is 6.08. The zero-order valence-electron chi connectivity index (χ0n) is 11.8. The molecule has 0 bridgehead atoms. The summed E-state index contributed by atoms with van der Waals surface area (Å²) in [7, 11) is 0. The first-order valence-electron chi connectivity index (χ1n) is 7.32. The Labute approximate surface area is 122 Å². The average molecular weight is 290 g/mol. The summed E-state index contributed by atoms with van der Waals surface area (Å²) in [5, 5.41) is 6.70. The third kappa shape index (κ3) is 2.76. The molecule has 1 aromatic heterocycles. The monoisotopic (exact) mass is 290 g/mol. The van der Waals surface area contributed by atoms with Crippen molar-refractivity contribution >= 4 is 0 Å². The topological polar surface area (TPSA) is 76.7 Å². The van der Waals surface area contributed by atoms with Crippen LogP contribution in [0.25, 0.3) is 5.69 Å². The fourth-order valence-corrected chi connectivity index (χ4v) is 3.08. The number of aromatic nitrogens is 3. The molecule has 21 heavy (non-hydrogen) atoms. The summed E-state index contributed by atoms with van der Waals surface area (Å²) in [4.78, 5) is 12.0. The number of nitrogens with two attached hydrogens (primary N) is 1. The summed E-state index contributed by atoms with van der Waals surface area (Å²) < 4.78 is 14.6. The Morgan fingerprint density at radius 1 is 1.24 bits per heavy atom. The van der Waals surface area contributed by atoms with E-state index in [9.17, 15) is 9.18 Å². The van der Waals surface area contributed by atoms with Gasteiger partial charge in [-0.15, -0.1) is 0 Å². The fraction of sp³-hybridized carbons (Fsp3) is 0.467. The number of hydrogen-bond acceptors (Lipinski definition) is 3. The molecule has 3 rings (SSSR count). The number of nitrogens with zero attached hydrogens (tertiary/aromatic N) is 2. The Kier molecular flexibility index (Phi) is 3.88. The van der Waals surface area contributed by atoms with Crippen LogP contribution in [0.2, 0.25) is 0 Å². The SMILES string of the molecule is NCC1CCC(c2n[nH]c(=O)n2-c2ccc(F)cc2)CC1. The zero-order chi connectivity index (χ0) is 14.8. The van der Waals surface area contributed by atoms with Gasteiger partial charge in [-0.25, -0.2) is 18.9 Å². The summed E-state index contributed by atoms with van der Waals surface area (Å²) >= 11 is 0. The van der Waals surface area contributed by atoms with E-state index in [1.807, 2.05) is 0 Å². The molecule has 0 amide bonds. The minimum absolute atomic E-state index is 0.247. The second-order valence-corrected chi connectivity index (χ2v) is 5.65. The van der Waals surface area contributed by atoms with Crippen molar-refractivity contribution < 1.29 is 4.39 Å². The standard InChI is InChI=1S/C15H19FN4O/c16-12-5-7-13(8-6-12)20-14(18-19-15(20)21)11-3-1-10(9-17)2-4-11/h5-8,10-11H,1-4,9,17H2,(H,19,21). The lowest BCUT2D eigenvalue weighted by atomic mass is 9.81. The van der Waals surface area contributed by atoms with E-state index < -0.39 is 0 Å². The van der Waals surface area contributed by atoms with Crippen LogP contribution in [0.1, 0.15) is 37.4 Å². The van der Waals surface area contributed by atoms with E-state index in [1.54, 1.807) is 16.7 Å². The molecule has 1 aromatic carbocycles. The highest BCUT2D eigenvalue weighted by Gasteiger charge is 2.26. The van der Waals surface area contributed by atoms with Gasteiger partial charge in [-0.3, -0.25) is 0 Å². The van der Waals surface area contributed by atoms with Gasteiger partial charge >= 0.3 is 5.69 Å². The van der Waals surface area contributed by atoms with E-state index in [2.05, 4.69) is 10.2 Å². The maximum Gasteiger partial charge on any atom is 0.347 e. The van der Waals surface area contributed by atoms with Crippen molar-refractivity contribution in [3.63, 3.8) is 0 Å². The van der Waals surface area contributed by atoms with Crippen LogP contribution in [0, 0.1) is 11.7 Å². The predicted octanol–water partition coefficient (Wildman–Crippen LogP) is 1.93. The summed E-state index contributed by atoms with van der Waals surface area (Å²) in [6, 6.07) is 5.90. The molecule has 0 radical (unpaired) electrons. The van der Waals surface area contributed by atoms with Crippen LogP contribution in [-0.4, -0.2) is 21.3 Å². The quantitative estimate of drug-likeness (QED) is 0.907. The maximum atomic E-state index is 13.0. The van der Waals surface area contributed by atoms with Gasteiger partial charge in [0, 0.05) is 5.92 Å². The van der Waals surface area contributed by atoms with Gasteiger partial charge in [0.2, 0.25) is 0 Å². The first kappa shape index (κ1) is 14.0. The summed E-state index contributed by atoms with van der Waals surface area (Å²) in [6.07, 6.45) is 4.08. The Bertz CT molecular complexity index is 653. The first-order valence-corrected chi connectivity index (χ1v) is 7.32. The summed E-state index contributed by atoms with van der Waals surface area (Å²) in [6.45, 7) is 0.720. The van der Waals surface area contributed by atoms with Gasteiger partial charge in [0.25, 0.3) is 0 Å². The summed E-state index contributed by atoms with van der Waals surface area (Å²) in [5.74, 6) is 1.24. The molecule has 3 N–H and O–H groups in total. The molecule has 1 aliphatic rings. The molecule has 0 aliphatic heterocycles.